The van der Waals surface area contributed by atoms with E-state index in [9.17, 15) is 0 Å². The molecular weight excluding hydrogens is 376 g/mol. The molecule has 0 saturated carbocycles. The molecule has 0 atom stereocenters. The van der Waals surface area contributed by atoms with Crippen LogP contribution < -0.4 is 4.74 Å². The highest BCUT2D eigenvalue weighted by Crippen LogP contribution is 2.36. The number of ether oxygens (including phenoxy) is 1. The Morgan fingerprint density at radius 2 is 1.89 bits per heavy atom. The summed E-state index contributed by atoms with van der Waals surface area (Å²) in [6.45, 7) is 0. The highest BCUT2D eigenvalue weighted by atomic mass is 79.9. The van der Waals surface area contributed by atoms with Crippen molar-refractivity contribution in [3.63, 3.8) is 0 Å². The summed E-state index contributed by atoms with van der Waals surface area (Å²) in [4.78, 5) is 12.1. The zero-order valence-electron chi connectivity index (χ0n) is 9.36. The minimum absolute atomic E-state index is 0.0659. The van der Waals surface area contributed by atoms with E-state index < -0.39 is 3.79 Å². The smallest absolute Gasteiger partial charge is 0.250 e. The molecule has 19 heavy (non-hydrogen) atoms. The van der Waals surface area contributed by atoms with Crippen LogP contribution in [0.3, 0.4) is 0 Å². The second kappa shape index (κ2) is 6.22. The summed E-state index contributed by atoms with van der Waals surface area (Å²) in [5, 5.41) is 0. The van der Waals surface area contributed by atoms with Crippen LogP contribution in [0.4, 0.5) is 0 Å². The normalized spacial score (nSPS) is 11.4. The maximum atomic E-state index is 5.76. The van der Waals surface area contributed by atoms with Gasteiger partial charge < -0.3 is 4.74 Å². The lowest BCUT2D eigenvalue weighted by molar-refractivity contribution is 0.399. The largest absolute Gasteiger partial charge is 0.482 e. The van der Waals surface area contributed by atoms with Crippen molar-refractivity contribution < 1.29 is 4.74 Å². The molecule has 0 saturated heterocycles. The van der Waals surface area contributed by atoms with Crippen molar-refractivity contribution in [1.29, 1.82) is 0 Å². The summed E-state index contributed by atoms with van der Waals surface area (Å²) < 4.78 is 3.74. The third-order valence-corrected chi connectivity index (χ3v) is 2.90. The lowest BCUT2D eigenvalue weighted by atomic mass is 10.2. The molecule has 0 N–H and O–H groups in total. The van der Waals surface area contributed by atoms with Gasteiger partial charge >= 0.3 is 0 Å². The Balaban J connectivity index is 2.48. The topological polar surface area (TPSA) is 47.9 Å². The van der Waals surface area contributed by atoms with Crippen LogP contribution in [0.5, 0.6) is 5.75 Å². The number of halogens is 4. The van der Waals surface area contributed by atoms with Crippen LogP contribution in [0.15, 0.2) is 30.6 Å². The first-order chi connectivity index (χ1) is 9.02. The fourth-order valence-corrected chi connectivity index (χ4v) is 1.92. The average Bonchev–Trinajstić information content (AvgIpc) is 2.39. The number of hydrogen-bond acceptors (Lipinski definition) is 4. The summed E-state index contributed by atoms with van der Waals surface area (Å²) in [5.74, 6) is 1.07. The Morgan fingerprint density at radius 3 is 2.58 bits per heavy atom. The third-order valence-electron chi connectivity index (χ3n) is 2.16. The van der Waals surface area contributed by atoms with Gasteiger partial charge in [-0.2, -0.15) is 0 Å². The lowest BCUT2D eigenvalue weighted by Gasteiger charge is -2.11. The number of para-hydroxylation sites is 1. The van der Waals surface area contributed by atoms with Crippen LogP contribution in [0.25, 0.3) is 11.4 Å². The van der Waals surface area contributed by atoms with E-state index in [1.165, 1.54) is 6.33 Å². The molecule has 0 aliphatic carbocycles. The summed E-state index contributed by atoms with van der Waals surface area (Å²) in [6, 6.07) is 7.30. The van der Waals surface area contributed by atoms with Gasteiger partial charge in [0, 0.05) is 0 Å². The Kier molecular flexibility index (Phi) is 4.84. The van der Waals surface area contributed by atoms with E-state index in [0.717, 1.165) is 0 Å². The van der Waals surface area contributed by atoms with E-state index >= 15 is 0 Å². The second-order valence-corrected chi connectivity index (χ2v) is 6.12. The van der Waals surface area contributed by atoms with Crippen LogP contribution >= 0.6 is 50.7 Å². The van der Waals surface area contributed by atoms with E-state index in [1.807, 2.05) is 18.2 Å². The number of benzene rings is 1. The van der Waals surface area contributed by atoms with E-state index in [4.69, 9.17) is 39.5 Å². The van der Waals surface area contributed by atoms with Crippen molar-refractivity contribution in [2.75, 3.05) is 5.52 Å². The molecule has 0 aliphatic heterocycles. The SMILES string of the molecule is ClC(Cl)(Cl)c1ncnc(-c2ccccc2OCBr)n1. The second-order valence-electron chi connectivity index (χ2n) is 3.38. The van der Waals surface area contributed by atoms with Crippen molar-refractivity contribution in [2.45, 2.75) is 3.79 Å². The van der Waals surface area contributed by atoms with Gasteiger partial charge in [0.2, 0.25) is 3.79 Å². The van der Waals surface area contributed by atoms with E-state index in [-0.39, 0.29) is 5.82 Å². The zero-order chi connectivity index (χ0) is 13.9. The maximum Gasteiger partial charge on any atom is 0.250 e. The van der Waals surface area contributed by atoms with Crippen molar-refractivity contribution in [3.05, 3.63) is 36.4 Å². The van der Waals surface area contributed by atoms with Gasteiger partial charge in [0.1, 0.15) is 17.6 Å². The van der Waals surface area contributed by atoms with Gasteiger partial charge in [-0.3, -0.25) is 0 Å². The van der Waals surface area contributed by atoms with Gasteiger partial charge in [0.25, 0.3) is 0 Å². The molecule has 1 aromatic carbocycles. The van der Waals surface area contributed by atoms with Crippen molar-refractivity contribution in [3.8, 4) is 17.1 Å². The van der Waals surface area contributed by atoms with Crippen molar-refractivity contribution >= 4 is 50.7 Å². The number of aromatic nitrogens is 3. The molecule has 8 heteroatoms. The Bertz CT molecular complexity index is 577. The molecule has 0 spiro atoms. The zero-order valence-corrected chi connectivity index (χ0v) is 13.2. The lowest BCUT2D eigenvalue weighted by Crippen LogP contribution is -2.09. The summed E-state index contributed by atoms with van der Waals surface area (Å²) in [6.07, 6.45) is 1.30. The maximum absolute atomic E-state index is 5.76. The van der Waals surface area contributed by atoms with Crippen LogP contribution in [0.2, 0.25) is 0 Å². The molecule has 0 fully saturated rings. The first-order valence-electron chi connectivity index (χ1n) is 5.07. The third kappa shape index (κ3) is 3.69. The molecule has 2 aromatic rings. The minimum atomic E-state index is -1.69. The van der Waals surface area contributed by atoms with Crippen LogP contribution in [0.1, 0.15) is 5.82 Å². The van der Waals surface area contributed by atoms with Crippen molar-refractivity contribution in [1.82, 2.24) is 15.0 Å². The highest BCUT2D eigenvalue weighted by Gasteiger charge is 2.27. The molecule has 100 valence electrons. The average molecular weight is 383 g/mol. The number of rotatable bonds is 3. The van der Waals surface area contributed by atoms with Crippen LogP contribution in [-0.4, -0.2) is 20.5 Å². The fourth-order valence-electron chi connectivity index (χ4n) is 1.40. The molecular formula is C11H7BrCl3N3O. The molecule has 4 nitrogen and oxygen atoms in total. The van der Waals surface area contributed by atoms with Gasteiger partial charge in [-0.25, -0.2) is 15.0 Å². The number of hydrogen-bond donors (Lipinski definition) is 0. The molecule has 0 unspecified atom stereocenters. The molecule has 0 bridgehead atoms. The predicted molar refractivity (Wildman–Crippen MR) is 78.9 cm³/mol. The van der Waals surface area contributed by atoms with Gasteiger partial charge in [-0.1, -0.05) is 46.9 Å². The van der Waals surface area contributed by atoms with E-state index in [0.29, 0.717) is 22.7 Å². The van der Waals surface area contributed by atoms with Crippen molar-refractivity contribution in [2.24, 2.45) is 0 Å². The molecule has 2 rings (SSSR count). The molecule has 0 amide bonds. The molecule has 0 aliphatic rings. The molecule has 1 heterocycles. The standard InChI is InChI=1S/C11H7BrCl3N3O/c12-5-19-8-4-2-1-3-7(8)9-16-6-17-10(18-9)11(13,14)15/h1-4,6H,5H2. The quantitative estimate of drug-likeness (QED) is 0.749. The van der Waals surface area contributed by atoms with E-state index in [2.05, 4.69) is 30.9 Å². The highest BCUT2D eigenvalue weighted by molar-refractivity contribution is 9.09. The Labute approximate surface area is 133 Å². The fraction of sp³-hybridized carbons (Fsp3) is 0.182. The number of nitrogens with zero attached hydrogens (tertiary/aromatic N) is 3. The summed E-state index contributed by atoms with van der Waals surface area (Å²) >= 11 is 20.5. The predicted octanol–water partition coefficient (Wildman–Crippen LogP) is 4.10. The van der Waals surface area contributed by atoms with E-state index in [1.54, 1.807) is 6.07 Å². The van der Waals surface area contributed by atoms with Crippen LogP contribution in [-0.2, 0) is 3.79 Å². The monoisotopic (exact) mass is 381 g/mol. The van der Waals surface area contributed by atoms with Gasteiger partial charge in [0.05, 0.1) is 5.56 Å². The van der Waals surface area contributed by atoms with Gasteiger partial charge in [-0.05, 0) is 28.1 Å². The first kappa shape index (κ1) is 14.8. The van der Waals surface area contributed by atoms with Gasteiger partial charge in [0.15, 0.2) is 11.6 Å². The molecule has 1 aromatic heterocycles. The summed E-state index contributed by atoms with van der Waals surface area (Å²) in [7, 11) is 0. The minimum Gasteiger partial charge on any atom is -0.482 e. The Morgan fingerprint density at radius 1 is 1.16 bits per heavy atom. The first-order valence-corrected chi connectivity index (χ1v) is 7.32. The number of alkyl halides is 4. The summed E-state index contributed by atoms with van der Waals surface area (Å²) in [5.41, 5.74) is 1.05. The van der Waals surface area contributed by atoms with Gasteiger partial charge in [-0.15, -0.1) is 0 Å². The Hall–Kier alpha value is -0.620. The van der Waals surface area contributed by atoms with Crippen LogP contribution in [0, 0.1) is 0 Å². The molecule has 0 radical (unpaired) electrons.